The topological polar surface area (TPSA) is 114 Å². The van der Waals surface area contributed by atoms with Crippen molar-refractivity contribution in [2.45, 2.75) is 50.2 Å². The van der Waals surface area contributed by atoms with Gasteiger partial charge in [-0.2, -0.15) is 0 Å². The van der Waals surface area contributed by atoms with Gasteiger partial charge >= 0.3 is 6.09 Å². The van der Waals surface area contributed by atoms with Crippen LogP contribution in [0.5, 0.6) is 5.75 Å². The van der Waals surface area contributed by atoms with Crippen LogP contribution >= 0.6 is 11.6 Å². The number of fused-ring (bicyclic) bond motifs is 1. The van der Waals surface area contributed by atoms with E-state index in [1.165, 1.54) is 18.5 Å². The number of halogens is 1. The molecule has 12 heteroatoms. The van der Waals surface area contributed by atoms with Crippen molar-refractivity contribution in [3.8, 4) is 5.75 Å². The summed E-state index contributed by atoms with van der Waals surface area (Å²) in [5.41, 5.74) is -0.0165. The maximum Gasteiger partial charge on any atom is 0.410 e. The number of carbonyl (C=O) groups is 1. The van der Waals surface area contributed by atoms with Crippen molar-refractivity contribution in [3.63, 3.8) is 0 Å². The Bertz CT molecular complexity index is 1210. The quantitative estimate of drug-likeness (QED) is 0.637. The normalized spacial score (nSPS) is 16.9. The Balaban J connectivity index is 1.49. The van der Waals surface area contributed by atoms with Gasteiger partial charge in [0.05, 0.1) is 22.2 Å². The molecule has 3 heterocycles. The fraction of sp³-hybridized carbons (Fsp3) is 0.522. The number of rotatable bonds is 4. The van der Waals surface area contributed by atoms with Gasteiger partial charge in [-0.15, -0.1) is 0 Å². The minimum Gasteiger partial charge on any atom is -0.485 e. The largest absolute Gasteiger partial charge is 0.485 e. The van der Waals surface area contributed by atoms with E-state index in [0.717, 1.165) is 19.1 Å². The average Bonchev–Trinajstić information content (AvgIpc) is 2.78. The number of carbonyl (C=O) groups excluding carboxylic acids is 1. The standard InChI is InChI=1S/C23H30ClN5O5S/c1-23(2,3)34-22(30)28-9-7-15(8-10-28)29-11-12-33-19-20(25-14-26-21(19)29)27-18-6-5-16(13-17(18)24)35(4,31)32/h5-6,13-15H,7-12H2,1-4H3,(H,25,26,27). The van der Waals surface area contributed by atoms with E-state index < -0.39 is 15.4 Å². The molecular formula is C23H30ClN5O5S. The lowest BCUT2D eigenvalue weighted by molar-refractivity contribution is 0.0203. The lowest BCUT2D eigenvalue weighted by Gasteiger charge is -2.41. The second kappa shape index (κ2) is 9.69. The molecular weight excluding hydrogens is 494 g/mol. The first-order valence-electron chi connectivity index (χ1n) is 11.4. The zero-order valence-electron chi connectivity index (χ0n) is 20.2. The first-order chi connectivity index (χ1) is 16.4. The number of hydrogen-bond acceptors (Lipinski definition) is 9. The summed E-state index contributed by atoms with van der Waals surface area (Å²) in [5.74, 6) is 1.63. The number of hydrogen-bond donors (Lipinski definition) is 1. The minimum atomic E-state index is -3.37. The van der Waals surface area contributed by atoms with E-state index in [1.807, 2.05) is 20.8 Å². The molecule has 1 amide bonds. The van der Waals surface area contributed by atoms with Crippen LogP contribution in [0.1, 0.15) is 33.6 Å². The second-order valence-corrected chi connectivity index (χ2v) is 12.1. The lowest BCUT2D eigenvalue weighted by atomic mass is 10.0. The monoisotopic (exact) mass is 523 g/mol. The summed E-state index contributed by atoms with van der Waals surface area (Å²) in [4.78, 5) is 25.3. The molecule has 1 N–H and O–H groups in total. The van der Waals surface area contributed by atoms with E-state index in [1.54, 1.807) is 11.0 Å². The Kier molecular flexibility index (Phi) is 7.01. The van der Waals surface area contributed by atoms with Gasteiger partial charge in [0.25, 0.3) is 0 Å². The molecule has 0 unspecified atom stereocenters. The number of benzene rings is 1. The molecule has 10 nitrogen and oxygen atoms in total. The summed E-state index contributed by atoms with van der Waals surface area (Å²) < 4.78 is 35.0. The average molecular weight is 524 g/mol. The third kappa shape index (κ3) is 5.90. The summed E-state index contributed by atoms with van der Waals surface area (Å²) in [5, 5.41) is 3.40. The van der Waals surface area contributed by atoms with E-state index in [2.05, 4.69) is 20.2 Å². The van der Waals surface area contributed by atoms with Gasteiger partial charge in [0, 0.05) is 25.4 Å². The number of sulfone groups is 1. The number of likely N-dealkylation sites (tertiary alicyclic amines) is 1. The molecule has 190 valence electrons. The minimum absolute atomic E-state index is 0.137. The van der Waals surface area contributed by atoms with Gasteiger partial charge in [-0.1, -0.05) is 11.6 Å². The second-order valence-electron chi connectivity index (χ2n) is 9.65. The molecule has 0 atom stereocenters. The highest BCUT2D eigenvalue weighted by Gasteiger charge is 2.33. The summed E-state index contributed by atoms with van der Waals surface area (Å²) >= 11 is 6.33. The van der Waals surface area contributed by atoms with Crippen LogP contribution in [0.4, 0.5) is 22.1 Å². The van der Waals surface area contributed by atoms with Crippen molar-refractivity contribution in [1.29, 1.82) is 0 Å². The first kappa shape index (κ1) is 25.3. The van der Waals surface area contributed by atoms with Gasteiger partial charge in [0.2, 0.25) is 5.75 Å². The molecule has 1 aromatic carbocycles. The van der Waals surface area contributed by atoms with Crippen molar-refractivity contribution in [2.24, 2.45) is 0 Å². The van der Waals surface area contributed by atoms with Gasteiger partial charge in [-0.3, -0.25) is 0 Å². The molecule has 1 fully saturated rings. The van der Waals surface area contributed by atoms with E-state index in [0.29, 0.717) is 49.3 Å². The van der Waals surface area contributed by atoms with Crippen LogP contribution in [0, 0.1) is 0 Å². The highest BCUT2D eigenvalue weighted by Crippen LogP contribution is 2.39. The molecule has 1 aromatic heterocycles. The Labute approximate surface area is 210 Å². The predicted molar refractivity (Wildman–Crippen MR) is 134 cm³/mol. The molecule has 0 saturated carbocycles. The molecule has 35 heavy (non-hydrogen) atoms. The number of nitrogens with zero attached hydrogens (tertiary/aromatic N) is 4. The Morgan fingerprint density at radius 1 is 1.20 bits per heavy atom. The smallest absolute Gasteiger partial charge is 0.410 e. The molecule has 1 saturated heterocycles. The van der Waals surface area contributed by atoms with Gasteiger partial charge in [0.1, 0.15) is 18.5 Å². The van der Waals surface area contributed by atoms with Crippen LogP contribution in [-0.2, 0) is 14.6 Å². The van der Waals surface area contributed by atoms with Gasteiger partial charge in [-0.25, -0.2) is 23.2 Å². The SMILES string of the molecule is CC(C)(C)OC(=O)N1CCC(N2CCOc3c(Nc4ccc(S(C)(=O)=O)cc4Cl)ncnc32)CC1. The summed E-state index contributed by atoms with van der Waals surface area (Å²) in [7, 11) is -3.37. The molecule has 2 aliphatic rings. The van der Waals surface area contributed by atoms with Crippen LogP contribution in [0.2, 0.25) is 5.02 Å². The summed E-state index contributed by atoms with van der Waals surface area (Å²) in [6.07, 6.45) is 3.87. The highest BCUT2D eigenvalue weighted by molar-refractivity contribution is 7.90. The van der Waals surface area contributed by atoms with E-state index in [4.69, 9.17) is 21.1 Å². The third-order valence-corrected chi connectivity index (χ3v) is 7.24. The van der Waals surface area contributed by atoms with Gasteiger partial charge in [-0.05, 0) is 51.8 Å². The third-order valence-electron chi connectivity index (χ3n) is 5.81. The number of aromatic nitrogens is 2. The van der Waals surface area contributed by atoms with E-state index in [9.17, 15) is 13.2 Å². The number of nitrogens with one attached hydrogen (secondary N) is 1. The molecule has 0 bridgehead atoms. The summed E-state index contributed by atoms with van der Waals surface area (Å²) in [6, 6.07) is 4.68. The molecule has 0 radical (unpaired) electrons. The molecule has 2 aromatic rings. The van der Waals surface area contributed by atoms with Crippen LogP contribution in [0.15, 0.2) is 29.4 Å². The first-order valence-corrected chi connectivity index (χ1v) is 13.7. The maximum atomic E-state index is 12.4. The zero-order chi connectivity index (χ0) is 25.4. The zero-order valence-corrected chi connectivity index (χ0v) is 21.8. The predicted octanol–water partition coefficient (Wildman–Crippen LogP) is 3.88. The van der Waals surface area contributed by atoms with Crippen LogP contribution in [0.3, 0.4) is 0 Å². The van der Waals surface area contributed by atoms with Crippen molar-refractivity contribution in [2.75, 3.05) is 42.7 Å². The Morgan fingerprint density at radius 3 is 2.54 bits per heavy atom. The fourth-order valence-electron chi connectivity index (χ4n) is 4.14. The molecule has 4 rings (SSSR count). The van der Waals surface area contributed by atoms with E-state index in [-0.39, 0.29) is 22.1 Å². The summed E-state index contributed by atoms with van der Waals surface area (Å²) in [6.45, 7) is 7.92. The maximum absolute atomic E-state index is 12.4. The van der Waals surface area contributed by atoms with Crippen LogP contribution in [-0.4, -0.2) is 73.5 Å². The van der Waals surface area contributed by atoms with Gasteiger partial charge < -0.3 is 24.6 Å². The van der Waals surface area contributed by atoms with E-state index >= 15 is 0 Å². The number of ether oxygens (including phenoxy) is 2. The van der Waals surface area contributed by atoms with Crippen LogP contribution in [0.25, 0.3) is 0 Å². The van der Waals surface area contributed by atoms with Crippen molar-refractivity contribution in [1.82, 2.24) is 14.9 Å². The molecule has 2 aliphatic heterocycles. The van der Waals surface area contributed by atoms with Crippen LogP contribution < -0.4 is 15.0 Å². The van der Waals surface area contributed by atoms with Gasteiger partial charge in [0.15, 0.2) is 21.5 Å². The Morgan fingerprint density at radius 2 is 1.91 bits per heavy atom. The number of anilines is 3. The molecule has 0 aliphatic carbocycles. The number of amides is 1. The van der Waals surface area contributed by atoms with Crippen molar-refractivity contribution >= 4 is 44.9 Å². The molecule has 0 spiro atoms. The number of piperidine rings is 1. The van der Waals surface area contributed by atoms with Crippen molar-refractivity contribution in [3.05, 3.63) is 29.5 Å². The van der Waals surface area contributed by atoms with Crippen molar-refractivity contribution < 1.29 is 22.7 Å². The lowest BCUT2D eigenvalue weighted by Crippen LogP contribution is -2.50. The Hall–Kier alpha value is -2.79. The fourth-order valence-corrected chi connectivity index (χ4v) is 5.08. The highest BCUT2D eigenvalue weighted by atomic mass is 35.5.